The first kappa shape index (κ1) is 18.3. The molecule has 1 atom stereocenters. The van der Waals surface area contributed by atoms with Crippen LogP contribution in [0.15, 0.2) is 24.3 Å². The van der Waals surface area contributed by atoms with Crippen molar-refractivity contribution in [2.45, 2.75) is 38.6 Å². The molecule has 0 fully saturated rings. The Bertz CT molecular complexity index is 574. The third-order valence-corrected chi connectivity index (χ3v) is 4.04. The highest BCUT2D eigenvalue weighted by Gasteiger charge is 2.39. The second-order valence-corrected chi connectivity index (χ2v) is 5.64. The molecule has 1 aromatic carbocycles. The average molecular weight is 335 g/mol. The molecular weight excluding hydrogens is 310 g/mol. The van der Waals surface area contributed by atoms with Gasteiger partial charge in [-0.05, 0) is 19.9 Å². The molecule has 6 nitrogen and oxygen atoms in total. The highest BCUT2D eigenvalue weighted by atomic mass is 16.5. The molecule has 24 heavy (non-hydrogen) atoms. The molecule has 1 aliphatic rings. The molecule has 1 aliphatic heterocycles. The molecule has 1 heterocycles. The van der Waals surface area contributed by atoms with Crippen molar-refractivity contribution in [3.05, 3.63) is 29.8 Å². The Balaban J connectivity index is 2.17. The summed E-state index contributed by atoms with van der Waals surface area (Å²) in [6, 6.07) is 7.66. The molecule has 1 aromatic rings. The summed E-state index contributed by atoms with van der Waals surface area (Å²) in [5.41, 5.74) is 0.335. The third-order valence-electron chi connectivity index (χ3n) is 4.04. The number of benzene rings is 1. The van der Waals surface area contributed by atoms with E-state index in [2.05, 4.69) is 5.32 Å². The molecule has 2 rings (SSSR count). The largest absolute Gasteiger partial charge is 0.493 e. The summed E-state index contributed by atoms with van der Waals surface area (Å²) >= 11 is 0. The fourth-order valence-corrected chi connectivity index (χ4v) is 2.98. The summed E-state index contributed by atoms with van der Waals surface area (Å²) in [6.45, 7) is 5.20. The molecule has 0 spiro atoms. The van der Waals surface area contributed by atoms with E-state index in [-0.39, 0.29) is 24.8 Å². The normalized spacial score (nSPS) is 19.1. The van der Waals surface area contributed by atoms with Gasteiger partial charge in [-0.25, -0.2) is 0 Å². The second-order valence-electron chi connectivity index (χ2n) is 5.64. The third kappa shape index (κ3) is 4.47. The lowest BCUT2D eigenvalue weighted by Crippen LogP contribution is -2.48. The average Bonchev–Trinajstić information content (AvgIpc) is 2.56. The first-order chi connectivity index (χ1) is 11.6. The van der Waals surface area contributed by atoms with Crippen LogP contribution in [0.25, 0.3) is 0 Å². The van der Waals surface area contributed by atoms with Crippen LogP contribution in [-0.2, 0) is 24.6 Å². The fourth-order valence-electron chi connectivity index (χ4n) is 2.98. The van der Waals surface area contributed by atoms with E-state index in [0.717, 1.165) is 11.3 Å². The highest BCUT2D eigenvalue weighted by Crippen LogP contribution is 2.39. The predicted molar refractivity (Wildman–Crippen MR) is 88.7 cm³/mol. The highest BCUT2D eigenvalue weighted by molar-refractivity contribution is 5.72. The number of nitrogens with one attached hydrogen (secondary N) is 1. The van der Waals surface area contributed by atoms with Crippen LogP contribution in [0.1, 0.15) is 38.7 Å². The lowest BCUT2D eigenvalue weighted by atomic mass is 9.81. The Kier molecular flexibility index (Phi) is 6.61. The van der Waals surface area contributed by atoms with Gasteiger partial charge >= 0.3 is 11.9 Å². The number of rotatable bonds is 8. The van der Waals surface area contributed by atoms with E-state index in [1.54, 1.807) is 13.8 Å². The van der Waals surface area contributed by atoms with Crippen molar-refractivity contribution >= 4 is 11.9 Å². The lowest BCUT2D eigenvalue weighted by Gasteiger charge is -2.39. The van der Waals surface area contributed by atoms with Gasteiger partial charge in [-0.1, -0.05) is 18.2 Å². The topological polar surface area (TPSA) is 73.9 Å². The zero-order valence-electron chi connectivity index (χ0n) is 14.3. The first-order valence-electron chi connectivity index (χ1n) is 8.40. The monoisotopic (exact) mass is 335 g/mol. The Hall–Kier alpha value is -2.08. The van der Waals surface area contributed by atoms with Gasteiger partial charge in [0.05, 0.1) is 38.2 Å². The molecular formula is C18H25NO5. The van der Waals surface area contributed by atoms with E-state index in [1.807, 2.05) is 24.3 Å². The standard InChI is InChI=1S/C18H25NO5/c1-3-22-16(20)9-11-19-18(13-17(21)23-4-2)10-12-24-15-8-6-5-7-14(15)18/h5-8,19H,3-4,9-13H2,1-2H3. The number of para-hydroxylation sites is 1. The smallest absolute Gasteiger partial charge is 0.308 e. The molecule has 0 saturated heterocycles. The van der Waals surface area contributed by atoms with E-state index in [4.69, 9.17) is 14.2 Å². The number of fused-ring (bicyclic) bond motifs is 1. The van der Waals surface area contributed by atoms with E-state index in [1.165, 1.54) is 0 Å². The van der Waals surface area contributed by atoms with Crippen molar-refractivity contribution in [2.24, 2.45) is 0 Å². The maximum absolute atomic E-state index is 12.1. The van der Waals surface area contributed by atoms with Crippen LogP contribution < -0.4 is 10.1 Å². The van der Waals surface area contributed by atoms with Crippen molar-refractivity contribution in [2.75, 3.05) is 26.4 Å². The maximum Gasteiger partial charge on any atom is 0.308 e. The SMILES string of the molecule is CCOC(=O)CCNC1(CC(=O)OCC)CCOc2ccccc21. The number of hydrogen-bond donors (Lipinski definition) is 1. The first-order valence-corrected chi connectivity index (χ1v) is 8.40. The van der Waals surface area contributed by atoms with Crippen molar-refractivity contribution in [3.63, 3.8) is 0 Å². The van der Waals surface area contributed by atoms with Crippen LogP contribution in [0.3, 0.4) is 0 Å². The molecule has 0 radical (unpaired) electrons. The number of carbonyl (C=O) groups is 2. The molecule has 0 saturated carbocycles. The Morgan fingerprint density at radius 3 is 2.62 bits per heavy atom. The Morgan fingerprint density at radius 1 is 1.17 bits per heavy atom. The van der Waals surface area contributed by atoms with Crippen molar-refractivity contribution in [1.29, 1.82) is 0 Å². The summed E-state index contributed by atoms with van der Waals surface area (Å²) in [6.07, 6.45) is 1.08. The fraction of sp³-hybridized carbons (Fsp3) is 0.556. The van der Waals surface area contributed by atoms with Crippen LogP contribution in [0, 0.1) is 0 Å². The van der Waals surface area contributed by atoms with E-state index >= 15 is 0 Å². The van der Waals surface area contributed by atoms with Crippen LogP contribution >= 0.6 is 0 Å². The van der Waals surface area contributed by atoms with Crippen LogP contribution in [0.2, 0.25) is 0 Å². The minimum absolute atomic E-state index is 0.198. The molecule has 0 amide bonds. The second kappa shape index (κ2) is 8.68. The lowest BCUT2D eigenvalue weighted by molar-refractivity contribution is -0.145. The van der Waals surface area contributed by atoms with Gasteiger partial charge in [0.15, 0.2) is 0 Å². The zero-order chi connectivity index (χ0) is 17.4. The number of carbonyl (C=O) groups excluding carboxylic acids is 2. The van der Waals surface area contributed by atoms with Crippen LogP contribution in [0.4, 0.5) is 0 Å². The minimum atomic E-state index is -0.590. The van der Waals surface area contributed by atoms with Crippen LogP contribution in [-0.4, -0.2) is 38.3 Å². The number of hydrogen-bond acceptors (Lipinski definition) is 6. The Morgan fingerprint density at radius 2 is 1.88 bits per heavy atom. The van der Waals surface area contributed by atoms with Gasteiger partial charge < -0.3 is 19.5 Å². The number of ether oxygens (including phenoxy) is 3. The summed E-state index contributed by atoms with van der Waals surface area (Å²) < 4.78 is 15.8. The van der Waals surface area contributed by atoms with Gasteiger partial charge in [0.1, 0.15) is 5.75 Å². The van der Waals surface area contributed by atoms with Crippen molar-refractivity contribution in [3.8, 4) is 5.75 Å². The molecule has 1 N–H and O–H groups in total. The van der Waals surface area contributed by atoms with Gasteiger partial charge in [-0.2, -0.15) is 0 Å². The number of esters is 2. The molecule has 1 unspecified atom stereocenters. The van der Waals surface area contributed by atoms with E-state index in [9.17, 15) is 9.59 Å². The van der Waals surface area contributed by atoms with E-state index in [0.29, 0.717) is 32.8 Å². The molecule has 6 heteroatoms. The van der Waals surface area contributed by atoms with Crippen LogP contribution in [0.5, 0.6) is 5.75 Å². The van der Waals surface area contributed by atoms with Gasteiger partial charge in [-0.15, -0.1) is 0 Å². The quantitative estimate of drug-likeness (QED) is 0.734. The van der Waals surface area contributed by atoms with Gasteiger partial charge in [0, 0.05) is 18.5 Å². The summed E-state index contributed by atoms with van der Waals surface area (Å²) in [4.78, 5) is 23.7. The van der Waals surface area contributed by atoms with Gasteiger partial charge in [0.2, 0.25) is 0 Å². The Labute approximate surface area is 142 Å². The molecule has 0 aromatic heterocycles. The minimum Gasteiger partial charge on any atom is -0.493 e. The van der Waals surface area contributed by atoms with Crippen molar-refractivity contribution in [1.82, 2.24) is 5.32 Å². The molecule has 132 valence electrons. The zero-order valence-corrected chi connectivity index (χ0v) is 14.3. The summed E-state index contributed by atoms with van der Waals surface area (Å²) in [5.74, 6) is 0.242. The van der Waals surface area contributed by atoms with Crippen molar-refractivity contribution < 1.29 is 23.8 Å². The van der Waals surface area contributed by atoms with Gasteiger partial charge in [-0.3, -0.25) is 9.59 Å². The predicted octanol–water partition coefficient (Wildman–Crippen LogP) is 2.16. The summed E-state index contributed by atoms with van der Waals surface area (Å²) in [7, 11) is 0. The molecule has 0 aliphatic carbocycles. The maximum atomic E-state index is 12.1. The summed E-state index contributed by atoms with van der Waals surface area (Å²) in [5, 5.41) is 3.39. The van der Waals surface area contributed by atoms with Gasteiger partial charge in [0.25, 0.3) is 0 Å². The van der Waals surface area contributed by atoms with E-state index < -0.39 is 5.54 Å². The molecule has 0 bridgehead atoms.